The fraction of sp³-hybridized carbons (Fsp3) is 0.500. The van der Waals surface area contributed by atoms with Crippen LogP contribution in [0.25, 0.3) is 0 Å². The second-order valence-electron chi connectivity index (χ2n) is 3.17. The molecule has 0 spiro atoms. The molecule has 3 heteroatoms. The Morgan fingerprint density at radius 3 is 3.00 bits per heavy atom. The van der Waals surface area contributed by atoms with E-state index in [9.17, 15) is 4.79 Å². The Kier molecular flexibility index (Phi) is 3.71. The third-order valence-corrected chi connectivity index (χ3v) is 1.78. The van der Waals surface area contributed by atoms with E-state index in [-0.39, 0.29) is 11.7 Å². The van der Waals surface area contributed by atoms with E-state index in [1.165, 1.54) is 6.26 Å². The first-order valence-electron chi connectivity index (χ1n) is 4.29. The summed E-state index contributed by atoms with van der Waals surface area (Å²) in [6.07, 6.45) is 1.98. The lowest BCUT2D eigenvalue weighted by molar-refractivity contribution is 0.0893. The van der Waals surface area contributed by atoms with Crippen LogP contribution >= 0.6 is 0 Å². The number of methoxy groups -OCH3 is 1. The van der Waals surface area contributed by atoms with Crippen LogP contribution in [0.3, 0.4) is 0 Å². The summed E-state index contributed by atoms with van der Waals surface area (Å²) in [6.45, 7) is 2.58. The van der Waals surface area contributed by atoms with Crippen molar-refractivity contribution in [3.63, 3.8) is 0 Å². The van der Waals surface area contributed by atoms with Crippen molar-refractivity contribution in [1.29, 1.82) is 0 Å². The third-order valence-electron chi connectivity index (χ3n) is 1.78. The second kappa shape index (κ2) is 4.82. The Morgan fingerprint density at radius 2 is 2.46 bits per heavy atom. The number of carbonyl (C=O) groups excluding carboxylic acids is 1. The summed E-state index contributed by atoms with van der Waals surface area (Å²) < 4.78 is 9.92. The summed E-state index contributed by atoms with van der Waals surface area (Å²) in [5, 5.41) is 0. The van der Waals surface area contributed by atoms with Gasteiger partial charge in [-0.15, -0.1) is 0 Å². The van der Waals surface area contributed by atoms with Gasteiger partial charge in [0.15, 0.2) is 11.5 Å². The first-order valence-corrected chi connectivity index (χ1v) is 4.29. The highest BCUT2D eigenvalue weighted by molar-refractivity contribution is 5.93. The molecule has 0 amide bonds. The van der Waals surface area contributed by atoms with Crippen molar-refractivity contribution in [3.05, 3.63) is 24.2 Å². The molecule has 1 aromatic heterocycles. The number of ketones is 1. The minimum atomic E-state index is 0.0366. The van der Waals surface area contributed by atoms with E-state index in [1.807, 2.05) is 6.92 Å². The van der Waals surface area contributed by atoms with Crippen LogP contribution in [0.2, 0.25) is 0 Å². The summed E-state index contributed by atoms with van der Waals surface area (Å²) in [7, 11) is 1.63. The molecule has 0 saturated carbocycles. The van der Waals surface area contributed by atoms with Crippen LogP contribution in [0, 0.1) is 5.92 Å². The topological polar surface area (TPSA) is 39.4 Å². The van der Waals surface area contributed by atoms with Crippen molar-refractivity contribution >= 4 is 5.78 Å². The maximum absolute atomic E-state index is 11.4. The van der Waals surface area contributed by atoms with E-state index in [0.29, 0.717) is 18.8 Å². The van der Waals surface area contributed by atoms with E-state index >= 15 is 0 Å². The lowest BCUT2D eigenvalue weighted by atomic mass is 10.0. The molecule has 1 aromatic rings. The molecule has 0 aliphatic heterocycles. The maximum Gasteiger partial charge on any atom is 0.198 e. The van der Waals surface area contributed by atoms with Crippen molar-refractivity contribution in [3.8, 4) is 0 Å². The van der Waals surface area contributed by atoms with Crippen LogP contribution < -0.4 is 0 Å². The van der Waals surface area contributed by atoms with Crippen LogP contribution in [0.1, 0.15) is 23.9 Å². The van der Waals surface area contributed by atoms with Crippen LogP contribution in [0.5, 0.6) is 0 Å². The number of hydrogen-bond acceptors (Lipinski definition) is 3. The number of rotatable bonds is 5. The van der Waals surface area contributed by atoms with Crippen molar-refractivity contribution in [1.82, 2.24) is 0 Å². The minimum Gasteiger partial charge on any atom is -0.461 e. The zero-order chi connectivity index (χ0) is 9.68. The van der Waals surface area contributed by atoms with Crippen molar-refractivity contribution in [2.45, 2.75) is 13.3 Å². The van der Waals surface area contributed by atoms with Crippen LogP contribution in [-0.4, -0.2) is 19.5 Å². The molecule has 0 fully saturated rings. The van der Waals surface area contributed by atoms with Crippen molar-refractivity contribution < 1.29 is 13.9 Å². The highest BCUT2D eigenvalue weighted by atomic mass is 16.5. The smallest absolute Gasteiger partial charge is 0.198 e. The highest BCUT2D eigenvalue weighted by Gasteiger charge is 2.12. The normalized spacial score (nSPS) is 12.8. The lowest BCUT2D eigenvalue weighted by Gasteiger charge is -2.06. The van der Waals surface area contributed by atoms with Gasteiger partial charge >= 0.3 is 0 Å². The zero-order valence-corrected chi connectivity index (χ0v) is 7.95. The Morgan fingerprint density at radius 1 is 1.69 bits per heavy atom. The molecule has 72 valence electrons. The Hall–Kier alpha value is -1.09. The first-order chi connectivity index (χ1) is 6.24. The van der Waals surface area contributed by atoms with E-state index in [1.54, 1.807) is 19.2 Å². The Labute approximate surface area is 77.7 Å². The van der Waals surface area contributed by atoms with Crippen LogP contribution in [0.15, 0.2) is 22.8 Å². The summed E-state index contributed by atoms with van der Waals surface area (Å²) in [4.78, 5) is 11.4. The molecule has 1 atom stereocenters. The predicted molar refractivity (Wildman–Crippen MR) is 48.7 cm³/mol. The molecule has 1 heterocycles. The van der Waals surface area contributed by atoms with Crippen molar-refractivity contribution in [2.24, 2.45) is 5.92 Å². The molecule has 3 nitrogen and oxygen atoms in total. The molecule has 13 heavy (non-hydrogen) atoms. The molecule has 1 unspecified atom stereocenters. The van der Waals surface area contributed by atoms with E-state index < -0.39 is 0 Å². The minimum absolute atomic E-state index is 0.0366. The average Bonchev–Trinajstić information content (AvgIpc) is 2.55. The van der Waals surface area contributed by atoms with Gasteiger partial charge in [-0.05, 0) is 18.1 Å². The third kappa shape index (κ3) is 3.03. The summed E-state index contributed by atoms with van der Waals surface area (Å²) in [5.41, 5.74) is 0. The van der Waals surface area contributed by atoms with E-state index in [0.717, 1.165) is 0 Å². The SMILES string of the molecule is COCC(C)CC(=O)c1ccco1. The molecule has 0 N–H and O–H groups in total. The molecule has 0 bridgehead atoms. The van der Waals surface area contributed by atoms with Gasteiger partial charge in [0.05, 0.1) is 6.26 Å². The fourth-order valence-electron chi connectivity index (χ4n) is 1.20. The van der Waals surface area contributed by atoms with Gasteiger partial charge in [-0.1, -0.05) is 6.92 Å². The molecule has 0 aliphatic carbocycles. The molecular formula is C10H14O3. The fourth-order valence-corrected chi connectivity index (χ4v) is 1.20. The molecule has 0 radical (unpaired) electrons. The summed E-state index contributed by atoms with van der Waals surface area (Å²) in [5.74, 6) is 0.708. The monoisotopic (exact) mass is 182 g/mol. The Balaban J connectivity index is 2.42. The Bertz CT molecular complexity index is 251. The van der Waals surface area contributed by atoms with Gasteiger partial charge in [-0.25, -0.2) is 0 Å². The van der Waals surface area contributed by atoms with Crippen LogP contribution in [0.4, 0.5) is 0 Å². The number of furan rings is 1. The number of carbonyl (C=O) groups is 1. The quantitative estimate of drug-likeness (QED) is 0.655. The van der Waals surface area contributed by atoms with Crippen LogP contribution in [-0.2, 0) is 4.74 Å². The average molecular weight is 182 g/mol. The summed E-state index contributed by atoms with van der Waals surface area (Å²) >= 11 is 0. The largest absolute Gasteiger partial charge is 0.461 e. The van der Waals surface area contributed by atoms with Gasteiger partial charge in [0.1, 0.15) is 0 Å². The molecule has 0 aliphatic rings. The highest BCUT2D eigenvalue weighted by Crippen LogP contribution is 2.10. The number of ether oxygens (including phenoxy) is 1. The van der Waals surface area contributed by atoms with E-state index in [4.69, 9.17) is 9.15 Å². The standard InChI is InChI=1S/C10H14O3/c1-8(7-12-2)6-9(11)10-4-3-5-13-10/h3-5,8H,6-7H2,1-2H3. The zero-order valence-electron chi connectivity index (χ0n) is 7.95. The molecule has 1 rings (SSSR count). The lowest BCUT2D eigenvalue weighted by Crippen LogP contribution is -2.10. The maximum atomic E-state index is 11.4. The van der Waals surface area contributed by atoms with Crippen molar-refractivity contribution in [2.75, 3.05) is 13.7 Å². The first kappa shape index (κ1) is 9.99. The molecular weight excluding hydrogens is 168 g/mol. The summed E-state index contributed by atoms with van der Waals surface area (Å²) in [6, 6.07) is 3.40. The van der Waals surface area contributed by atoms with Gasteiger partial charge in [-0.3, -0.25) is 4.79 Å². The van der Waals surface area contributed by atoms with Gasteiger partial charge in [0.2, 0.25) is 0 Å². The molecule has 0 saturated heterocycles. The number of Topliss-reactive ketones (excluding diaryl/α,β-unsaturated/α-hetero) is 1. The second-order valence-corrected chi connectivity index (χ2v) is 3.17. The predicted octanol–water partition coefficient (Wildman–Crippen LogP) is 2.13. The van der Waals surface area contributed by atoms with Gasteiger partial charge < -0.3 is 9.15 Å². The molecule has 0 aromatic carbocycles. The van der Waals surface area contributed by atoms with Gasteiger partial charge in [-0.2, -0.15) is 0 Å². The van der Waals surface area contributed by atoms with Gasteiger partial charge in [0, 0.05) is 20.1 Å². The number of hydrogen-bond donors (Lipinski definition) is 0. The van der Waals surface area contributed by atoms with Gasteiger partial charge in [0.25, 0.3) is 0 Å². The van der Waals surface area contributed by atoms with E-state index in [2.05, 4.69) is 0 Å².